The van der Waals surface area contributed by atoms with E-state index in [0.29, 0.717) is 13.2 Å². The summed E-state index contributed by atoms with van der Waals surface area (Å²) >= 11 is 0. The predicted molar refractivity (Wildman–Crippen MR) is 83.3 cm³/mol. The Morgan fingerprint density at radius 2 is 2.11 bits per heavy atom. The Balaban J connectivity index is 3.98. The molecular formula is C14H30N4O. The van der Waals surface area contributed by atoms with E-state index in [4.69, 9.17) is 4.74 Å². The molecule has 0 aromatic rings. The fourth-order valence-corrected chi connectivity index (χ4v) is 1.60. The first-order valence-corrected chi connectivity index (χ1v) is 7.13. The van der Waals surface area contributed by atoms with Crippen LogP contribution in [0.3, 0.4) is 0 Å². The van der Waals surface area contributed by atoms with Gasteiger partial charge in [-0.05, 0) is 33.9 Å². The third-order valence-electron chi connectivity index (χ3n) is 2.52. The highest BCUT2D eigenvalue weighted by Crippen LogP contribution is 1.92. The average Bonchev–Trinajstić information content (AvgIpc) is 2.35. The summed E-state index contributed by atoms with van der Waals surface area (Å²) in [7, 11) is 3.94. The summed E-state index contributed by atoms with van der Waals surface area (Å²) in [6.07, 6.45) is 4.20. The average molecular weight is 270 g/mol. The molecule has 0 atom stereocenters. The molecule has 0 radical (unpaired) electrons. The first kappa shape index (κ1) is 18.1. The highest BCUT2D eigenvalue weighted by Gasteiger charge is 2.00. The number of aliphatic imine (C=N–C) groups is 1. The fourth-order valence-electron chi connectivity index (χ4n) is 1.60. The minimum absolute atomic E-state index is 0.267. The molecule has 0 bridgehead atoms. The van der Waals surface area contributed by atoms with Crippen LogP contribution in [0.1, 0.15) is 33.6 Å². The van der Waals surface area contributed by atoms with Gasteiger partial charge >= 0.3 is 0 Å². The van der Waals surface area contributed by atoms with Crippen molar-refractivity contribution in [2.24, 2.45) is 10.1 Å². The normalized spacial score (nSPS) is 12.9. The Labute approximate surface area is 118 Å². The first-order chi connectivity index (χ1) is 9.10. The quantitative estimate of drug-likeness (QED) is 0.354. The van der Waals surface area contributed by atoms with Crippen LogP contribution in [0.4, 0.5) is 0 Å². The highest BCUT2D eigenvalue weighted by atomic mass is 16.5. The summed E-state index contributed by atoms with van der Waals surface area (Å²) in [6.45, 7) is 9.72. The predicted octanol–water partition coefficient (Wildman–Crippen LogP) is 1.79. The van der Waals surface area contributed by atoms with Crippen LogP contribution in [-0.2, 0) is 4.74 Å². The van der Waals surface area contributed by atoms with Crippen molar-refractivity contribution in [3.63, 3.8) is 0 Å². The monoisotopic (exact) mass is 270 g/mol. The van der Waals surface area contributed by atoms with Crippen molar-refractivity contribution >= 4 is 11.9 Å². The van der Waals surface area contributed by atoms with E-state index in [-0.39, 0.29) is 6.10 Å². The van der Waals surface area contributed by atoms with Gasteiger partial charge in [0, 0.05) is 26.2 Å². The molecule has 0 amide bonds. The summed E-state index contributed by atoms with van der Waals surface area (Å²) in [4.78, 5) is 6.65. The summed E-state index contributed by atoms with van der Waals surface area (Å²) in [6, 6.07) is 0. The second kappa shape index (κ2) is 12.1. The molecule has 19 heavy (non-hydrogen) atoms. The van der Waals surface area contributed by atoms with E-state index in [0.717, 1.165) is 25.2 Å². The van der Waals surface area contributed by atoms with Crippen LogP contribution in [0.15, 0.2) is 10.1 Å². The summed E-state index contributed by atoms with van der Waals surface area (Å²) < 4.78 is 5.44. The number of hydrazone groups is 1. The Hall–Kier alpha value is -0.940. The zero-order valence-corrected chi connectivity index (χ0v) is 13.1. The Kier molecular flexibility index (Phi) is 11.5. The fraction of sp³-hybridized carbons (Fsp3) is 0.857. The highest BCUT2D eigenvalue weighted by molar-refractivity contribution is 6.30. The zero-order valence-electron chi connectivity index (χ0n) is 13.1. The van der Waals surface area contributed by atoms with Gasteiger partial charge in [0.15, 0.2) is 0 Å². The van der Waals surface area contributed by atoms with Gasteiger partial charge < -0.3 is 15.1 Å². The van der Waals surface area contributed by atoms with Crippen molar-refractivity contribution in [1.82, 2.24) is 10.3 Å². The molecular weight excluding hydrogens is 240 g/mol. The van der Waals surface area contributed by atoms with E-state index in [2.05, 4.69) is 34.4 Å². The Bertz CT molecular complexity index is 264. The van der Waals surface area contributed by atoms with Crippen molar-refractivity contribution in [1.29, 1.82) is 0 Å². The van der Waals surface area contributed by atoms with Crippen LogP contribution in [0.25, 0.3) is 0 Å². The first-order valence-electron chi connectivity index (χ1n) is 7.13. The lowest BCUT2D eigenvalue weighted by Crippen LogP contribution is -2.23. The van der Waals surface area contributed by atoms with Crippen LogP contribution in [0, 0.1) is 0 Å². The van der Waals surface area contributed by atoms with Crippen LogP contribution in [0.2, 0.25) is 0 Å². The van der Waals surface area contributed by atoms with Crippen molar-refractivity contribution in [2.45, 2.75) is 39.7 Å². The maximum atomic E-state index is 5.44. The molecule has 112 valence electrons. The van der Waals surface area contributed by atoms with Gasteiger partial charge in [0.1, 0.15) is 0 Å². The standard InChI is InChI=1S/C14H30N4O/c1-6-9-18(5)10-7-14(17-15-4)12-16-8-11-19-13(2)3/h12-13,15H,6-11H2,1-5H3. The molecule has 0 spiro atoms. The summed E-state index contributed by atoms with van der Waals surface area (Å²) in [5, 5.41) is 4.24. The largest absolute Gasteiger partial charge is 0.377 e. The van der Waals surface area contributed by atoms with Gasteiger partial charge in [-0.15, -0.1) is 0 Å². The van der Waals surface area contributed by atoms with E-state index in [1.807, 2.05) is 27.1 Å². The Morgan fingerprint density at radius 3 is 2.68 bits per heavy atom. The topological polar surface area (TPSA) is 49.2 Å². The van der Waals surface area contributed by atoms with E-state index >= 15 is 0 Å². The van der Waals surface area contributed by atoms with Gasteiger partial charge in [0.2, 0.25) is 0 Å². The second-order valence-corrected chi connectivity index (χ2v) is 4.83. The second-order valence-electron chi connectivity index (χ2n) is 4.83. The molecule has 0 aromatic carbocycles. The number of hydrogen-bond donors (Lipinski definition) is 1. The number of hydrogen-bond acceptors (Lipinski definition) is 5. The molecule has 1 N–H and O–H groups in total. The van der Waals surface area contributed by atoms with Gasteiger partial charge in [0.05, 0.1) is 25.0 Å². The molecule has 0 unspecified atom stereocenters. The van der Waals surface area contributed by atoms with Gasteiger partial charge in [-0.3, -0.25) is 4.99 Å². The summed E-state index contributed by atoms with van der Waals surface area (Å²) in [5.41, 5.74) is 3.81. The molecule has 5 heteroatoms. The Morgan fingerprint density at radius 1 is 1.37 bits per heavy atom. The third kappa shape index (κ3) is 11.9. The number of nitrogens with one attached hydrogen (secondary N) is 1. The van der Waals surface area contributed by atoms with Gasteiger partial charge in [-0.25, -0.2) is 0 Å². The zero-order chi connectivity index (χ0) is 14.5. The molecule has 0 aliphatic rings. The number of rotatable bonds is 11. The van der Waals surface area contributed by atoms with Crippen LogP contribution in [0.5, 0.6) is 0 Å². The van der Waals surface area contributed by atoms with Gasteiger partial charge in [-0.1, -0.05) is 6.92 Å². The van der Waals surface area contributed by atoms with Crippen molar-refractivity contribution in [3.05, 3.63) is 0 Å². The van der Waals surface area contributed by atoms with Gasteiger partial charge in [-0.2, -0.15) is 5.10 Å². The minimum Gasteiger partial charge on any atom is -0.377 e. The molecule has 0 aromatic heterocycles. The van der Waals surface area contributed by atoms with Crippen LogP contribution in [-0.4, -0.2) is 63.3 Å². The minimum atomic E-state index is 0.267. The number of nitrogens with zero attached hydrogens (tertiary/aromatic N) is 3. The van der Waals surface area contributed by atoms with Crippen LogP contribution < -0.4 is 5.43 Å². The number of ether oxygens (including phenoxy) is 1. The lowest BCUT2D eigenvalue weighted by atomic mass is 10.2. The van der Waals surface area contributed by atoms with E-state index < -0.39 is 0 Å². The van der Waals surface area contributed by atoms with E-state index in [1.165, 1.54) is 6.42 Å². The molecule has 0 rings (SSSR count). The van der Waals surface area contributed by atoms with Crippen molar-refractivity contribution in [2.75, 3.05) is 40.3 Å². The smallest absolute Gasteiger partial charge is 0.0793 e. The molecule has 0 heterocycles. The lowest BCUT2D eigenvalue weighted by molar-refractivity contribution is 0.0854. The maximum absolute atomic E-state index is 5.44. The summed E-state index contributed by atoms with van der Waals surface area (Å²) in [5.74, 6) is 0. The van der Waals surface area contributed by atoms with Gasteiger partial charge in [0.25, 0.3) is 0 Å². The van der Waals surface area contributed by atoms with E-state index in [9.17, 15) is 0 Å². The maximum Gasteiger partial charge on any atom is 0.0793 e. The van der Waals surface area contributed by atoms with Crippen LogP contribution >= 0.6 is 0 Å². The SMILES string of the molecule is CCCN(C)CCC(C=NCCOC(C)C)=NNC. The molecule has 0 aliphatic carbocycles. The van der Waals surface area contributed by atoms with Crippen molar-refractivity contribution < 1.29 is 4.74 Å². The molecule has 0 saturated carbocycles. The molecule has 5 nitrogen and oxygen atoms in total. The lowest BCUT2D eigenvalue weighted by Gasteiger charge is -2.14. The molecule has 0 saturated heterocycles. The van der Waals surface area contributed by atoms with E-state index in [1.54, 1.807) is 0 Å². The molecule has 0 aliphatic heterocycles. The van der Waals surface area contributed by atoms with Crippen molar-refractivity contribution in [3.8, 4) is 0 Å². The molecule has 0 fully saturated rings. The third-order valence-corrected chi connectivity index (χ3v) is 2.52.